The van der Waals surface area contributed by atoms with Crippen molar-refractivity contribution in [3.05, 3.63) is 29.8 Å². The van der Waals surface area contributed by atoms with Crippen molar-refractivity contribution in [3.63, 3.8) is 0 Å². The monoisotopic (exact) mass is 300 g/mol. The molecule has 1 amide bonds. The first-order valence-corrected chi connectivity index (χ1v) is 7.48. The fourth-order valence-corrected chi connectivity index (χ4v) is 2.56. The lowest BCUT2D eigenvalue weighted by atomic mass is 9.98. The van der Waals surface area contributed by atoms with Crippen LogP contribution in [0.3, 0.4) is 0 Å². The molecule has 1 aromatic rings. The number of amides is 1. The smallest absolute Gasteiger partial charge is 0.223 e. The molecule has 2 rings (SSSR count). The van der Waals surface area contributed by atoms with Crippen LogP contribution in [-0.2, 0) is 4.79 Å². The molecule has 1 heterocycles. The molecule has 1 saturated heterocycles. The summed E-state index contributed by atoms with van der Waals surface area (Å²) in [6, 6.07) is 9.14. The van der Waals surface area contributed by atoms with Gasteiger partial charge in [0, 0.05) is 37.4 Å². The third kappa shape index (κ3) is 4.08. The second-order valence-corrected chi connectivity index (χ2v) is 5.44. The molecule has 1 aromatic carbocycles. The van der Waals surface area contributed by atoms with E-state index < -0.39 is 0 Å². The zero-order valence-corrected chi connectivity index (χ0v) is 12.7. The van der Waals surface area contributed by atoms with E-state index in [1.165, 1.54) is 0 Å². The molecule has 1 aliphatic rings. The van der Waals surface area contributed by atoms with Gasteiger partial charge in [-0.15, -0.1) is 0 Å². The Bertz CT molecular complexity index is 567. The number of hydrogen-bond acceptors (Lipinski definition) is 4. The van der Waals surface area contributed by atoms with Crippen LogP contribution in [0.15, 0.2) is 24.3 Å². The molecule has 116 valence electrons. The Labute approximate surface area is 130 Å². The van der Waals surface area contributed by atoms with Gasteiger partial charge in [-0.05, 0) is 37.1 Å². The Morgan fingerprint density at radius 2 is 1.86 bits per heavy atom. The maximum absolute atomic E-state index is 12.1. The van der Waals surface area contributed by atoms with Crippen LogP contribution in [0.5, 0.6) is 5.75 Å². The first-order chi connectivity index (χ1) is 10.6. The lowest BCUT2D eigenvalue weighted by Gasteiger charge is -2.29. The number of ether oxygens (including phenoxy) is 1. The fourth-order valence-electron chi connectivity index (χ4n) is 2.56. The number of nitriles is 1. The predicted molar refractivity (Wildman–Crippen MR) is 81.5 cm³/mol. The van der Waals surface area contributed by atoms with Crippen molar-refractivity contribution >= 4 is 11.7 Å². The number of carbonyl (C=O) groups excluding carboxylic acids is 2. The maximum Gasteiger partial charge on any atom is 0.223 e. The quantitative estimate of drug-likeness (QED) is 0.783. The Kier molecular flexibility index (Phi) is 5.54. The van der Waals surface area contributed by atoms with Gasteiger partial charge in [-0.3, -0.25) is 9.59 Å². The number of piperidine rings is 1. The SMILES string of the molecule is COc1ccc(C(=O)CCC(=O)N2CCC(C#N)CC2)cc1. The molecule has 0 atom stereocenters. The number of hydrogen-bond donors (Lipinski definition) is 0. The van der Waals surface area contributed by atoms with Gasteiger partial charge in [0.1, 0.15) is 5.75 Å². The summed E-state index contributed by atoms with van der Waals surface area (Å²) in [5.74, 6) is 0.721. The molecule has 0 aliphatic carbocycles. The van der Waals surface area contributed by atoms with E-state index in [9.17, 15) is 9.59 Å². The van der Waals surface area contributed by atoms with Gasteiger partial charge in [0.2, 0.25) is 5.91 Å². The second-order valence-electron chi connectivity index (χ2n) is 5.44. The van der Waals surface area contributed by atoms with E-state index in [1.54, 1.807) is 36.3 Å². The largest absolute Gasteiger partial charge is 0.497 e. The molecule has 22 heavy (non-hydrogen) atoms. The molecule has 0 aromatic heterocycles. The topological polar surface area (TPSA) is 70.4 Å². The lowest BCUT2D eigenvalue weighted by molar-refractivity contribution is -0.132. The fraction of sp³-hybridized carbons (Fsp3) is 0.471. The van der Waals surface area contributed by atoms with E-state index in [-0.39, 0.29) is 30.4 Å². The molecular formula is C17H20N2O3. The van der Waals surface area contributed by atoms with Crippen LogP contribution in [0.2, 0.25) is 0 Å². The highest BCUT2D eigenvalue weighted by atomic mass is 16.5. The van der Waals surface area contributed by atoms with Gasteiger partial charge in [0.15, 0.2) is 5.78 Å². The van der Waals surface area contributed by atoms with E-state index in [0.29, 0.717) is 24.4 Å². The maximum atomic E-state index is 12.1. The van der Waals surface area contributed by atoms with Crippen molar-refractivity contribution in [2.75, 3.05) is 20.2 Å². The Hall–Kier alpha value is -2.35. The summed E-state index contributed by atoms with van der Waals surface area (Å²) >= 11 is 0. The van der Waals surface area contributed by atoms with Crippen molar-refractivity contribution in [1.82, 2.24) is 4.90 Å². The van der Waals surface area contributed by atoms with Crippen LogP contribution < -0.4 is 4.74 Å². The number of ketones is 1. The summed E-state index contributed by atoms with van der Waals surface area (Å²) in [6.07, 6.45) is 1.90. The molecule has 0 radical (unpaired) electrons. The minimum absolute atomic E-state index is 0.00162. The molecule has 0 N–H and O–H groups in total. The van der Waals surface area contributed by atoms with E-state index in [4.69, 9.17) is 10.00 Å². The number of nitrogens with zero attached hydrogens (tertiary/aromatic N) is 2. The van der Waals surface area contributed by atoms with Gasteiger partial charge in [-0.25, -0.2) is 0 Å². The molecule has 0 spiro atoms. The van der Waals surface area contributed by atoms with E-state index in [1.807, 2.05) is 0 Å². The summed E-state index contributed by atoms with van der Waals surface area (Å²) in [5, 5.41) is 8.85. The standard InChI is InChI=1S/C17H20N2O3/c1-22-15-4-2-14(3-5-15)16(20)6-7-17(21)19-10-8-13(12-18)9-11-19/h2-5,13H,6-11H2,1H3. The minimum atomic E-state index is -0.0390. The van der Waals surface area contributed by atoms with Crippen LogP contribution in [-0.4, -0.2) is 36.8 Å². The highest BCUT2D eigenvalue weighted by Gasteiger charge is 2.22. The van der Waals surface area contributed by atoms with E-state index in [2.05, 4.69) is 6.07 Å². The number of likely N-dealkylation sites (tertiary alicyclic amines) is 1. The number of benzene rings is 1. The van der Waals surface area contributed by atoms with Crippen molar-refractivity contribution in [2.45, 2.75) is 25.7 Å². The summed E-state index contributed by atoms with van der Waals surface area (Å²) in [5.41, 5.74) is 0.594. The number of carbonyl (C=O) groups is 2. The molecule has 0 saturated carbocycles. The normalized spacial score (nSPS) is 15.2. The number of rotatable bonds is 5. The zero-order chi connectivity index (χ0) is 15.9. The first-order valence-electron chi connectivity index (χ1n) is 7.48. The molecule has 0 unspecified atom stereocenters. The zero-order valence-electron chi connectivity index (χ0n) is 12.7. The summed E-state index contributed by atoms with van der Waals surface area (Å²) in [6.45, 7) is 1.24. The Balaban J connectivity index is 1.80. The van der Waals surface area contributed by atoms with Crippen LogP contribution in [0, 0.1) is 17.2 Å². The summed E-state index contributed by atoms with van der Waals surface area (Å²) in [7, 11) is 1.57. The third-order valence-electron chi connectivity index (χ3n) is 4.01. The van der Waals surface area contributed by atoms with Gasteiger partial charge >= 0.3 is 0 Å². The highest BCUT2D eigenvalue weighted by Crippen LogP contribution is 2.18. The van der Waals surface area contributed by atoms with Gasteiger partial charge in [-0.1, -0.05) is 0 Å². The summed E-state index contributed by atoms with van der Waals surface area (Å²) < 4.78 is 5.05. The average Bonchev–Trinajstić information content (AvgIpc) is 2.59. The predicted octanol–water partition coefficient (Wildman–Crippen LogP) is 2.42. The number of Topliss-reactive ketones (excluding diaryl/α,β-unsaturated/α-hetero) is 1. The molecule has 5 nitrogen and oxygen atoms in total. The minimum Gasteiger partial charge on any atom is -0.497 e. The first kappa shape index (κ1) is 16.0. The highest BCUT2D eigenvalue weighted by molar-refractivity contribution is 5.98. The van der Waals surface area contributed by atoms with Gasteiger partial charge in [0.05, 0.1) is 13.2 Å². The van der Waals surface area contributed by atoms with E-state index >= 15 is 0 Å². The van der Waals surface area contributed by atoms with Gasteiger partial charge in [-0.2, -0.15) is 5.26 Å². The molecular weight excluding hydrogens is 280 g/mol. The van der Waals surface area contributed by atoms with Crippen molar-refractivity contribution in [3.8, 4) is 11.8 Å². The molecule has 1 fully saturated rings. The molecule has 5 heteroatoms. The van der Waals surface area contributed by atoms with Crippen LogP contribution >= 0.6 is 0 Å². The molecule has 0 bridgehead atoms. The van der Waals surface area contributed by atoms with Crippen molar-refractivity contribution in [2.24, 2.45) is 5.92 Å². The van der Waals surface area contributed by atoms with Crippen LogP contribution in [0.25, 0.3) is 0 Å². The summed E-state index contributed by atoms with van der Waals surface area (Å²) in [4.78, 5) is 25.9. The van der Waals surface area contributed by atoms with Gasteiger partial charge in [0.25, 0.3) is 0 Å². The van der Waals surface area contributed by atoms with E-state index in [0.717, 1.165) is 12.8 Å². The van der Waals surface area contributed by atoms with Crippen LogP contribution in [0.1, 0.15) is 36.0 Å². The second kappa shape index (κ2) is 7.60. The van der Waals surface area contributed by atoms with Crippen molar-refractivity contribution < 1.29 is 14.3 Å². The Morgan fingerprint density at radius 1 is 1.23 bits per heavy atom. The van der Waals surface area contributed by atoms with Crippen molar-refractivity contribution in [1.29, 1.82) is 5.26 Å². The average molecular weight is 300 g/mol. The Morgan fingerprint density at radius 3 is 2.41 bits per heavy atom. The number of methoxy groups -OCH3 is 1. The van der Waals surface area contributed by atoms with Crippen LogP contribution in [0.4, 0.5) is 0 Å². The van der Waals surface area contributed by atoms with Gasteiger partial charge < -0.3 is 9.64 Å². The lowest BCUT2D eigenvalue weighted by Crippen LogP contribution is -2.38. The third-order valence-corrected chi connectivity index (χ3v) is 4.01. The molecule has 1 aliphatic heterocycles.